The van der Waals surface area contributed by atoms with Gasteiger partial charge in [0.2, 0.25) is 0 Å². The molecular weight excluding hydrogens is 302 g/mol. The topological polar surface area (TPSA) is 18.5 Å². The van der Waals surface area contributed by atoms with Gasteiger partial charge in [0.05, 0.1) is 0 Å². The molecule has 2 aliphatic heterocycles. The minimum absolute atomic E-state index is 0. The lowest BCUT2D eigenvalue weighted by atomic mass is 9.89. The van der Waals surface area contributed by atoms with Crippen LogP contribution in [0.25, 0.3) is 0 Å². The normalized spacial score (nSPS) is 27.7. The van der Waals surface area contributed by atoms with E-state index in [0.717, 1.165) is 0 Å². The zero-order valence-corrected chi connectivity index (χ0v) is 14.6. The standard InChI is InChI=1S/C16H27N3S.ClH/c1-16(5-6-17-13-16)14-19-10-8-18(9-11-19)7-4-15-3-2-12-20-15;/h2-3,12,17H,4-11,13-14H2,1H3;1H. The molecule has 2 aliphatic rings. The predicted octanol–water partition coefficient (Wildman–Crippen LogP) is 2.33. The lowest BCUT2D eigenvalue weighted by Gasteiger charge is -2.38. The van der Waals surface area contributed by atoms with Crippen LogP contribution < -0.4 is 5.32 Å². The van der Waals surface area contributed by atoms with Gasteiger partial charge in [-0.05, 0) is 36.2 Å². The van der Waals surface area contributed by atoms with E-state index in [1.54, 1.807) is 0 Å². The quantitative estimate of drug-likeness (QED) is 0.894. The zero-order valence-electron chi connectivity index (χ0n) is 13.0. The van der Waals surface area contributed by atoms with Crippen molar-refractivity contribution in [3.8, 4) is 0 Å². The van der Waals surface area contributed by atoms with Crippen LogP contribution in [0.5, 0.6) is 0 Å². The average molecular weight is 330 g/mol. The summed E-state index contributed by atoms with van der Waals surface area (Å²) in [6.07, 6.45) is 2.56. The van der Waals surface area contributed by atoms with Gasteiger partial charge in [-0.15, -0.1) is 23.7 Å². The summed E-state index contributed by atoms with van der Waals surface area (Å²) in [5.74, 6) is 0. The van der Waals surface area contributed by atoms with E-state index < -0.39 is 0 Å². The fourth-order valence-electron chi connectivity index (χ4n) is 3.44. The summed E-state index contributed by atoms with van der Waals surface area (Å²) in [5, 5.41) is 5.70. The Balaban J connectivity index is 0.00000161. The van der Waals surface area contributed by atoms with Crippen LogP contribution in [0.2, 0.25) is 0 Å². The second kappa shape index (κ2) is 7.93. The monoisotopic (exact) mass is 329 g/mol. The largest absolute Gasteiger partial charge is 0.316 e. The fraction of sp³-hybridized carbons (Fsp3) is 0.750. The number of nitrogens with zero attached hydrogens (tertiary/aromatic N) is 2. The first-order valence-electron chi connectivity index (χ1n) is 7.91. The molecule has 0 bridgehead atoms. The van der Waals surface area contributed by atoms with Crippen molar-refractivity contribution in [2.24, 2.45) is 5.41 Å². The molecule has 0 amide bonds. The lowest BCUT2D eigenvalue weighted by Crippen LogP contribution is -2.50. The Morgan fingerprint density at radius 3 is 2.62 bits per heavy atom. The van der Waals surface area contributed by atoms with E-state index >= 15 is 0 Å². The molecular formula is C16H28ClN3S. The number of piperazine rings is 1. The minimum Gasteiger partial charge on any atom is -0.316 e. The molecule has 1 unspecified atom stereocenters. The third-order valence-corrected chi connectivity index (χ3v) is 5.72. The molecule has 1 N–H and O–H groups in total. The number of hydrogen-bond acceptors (Lipinski definition) is 4. The summed E-state index contributed by atoms with van der Waals surface area (Å²) in [7, 11) is 0. The van der Waals surface area contributed by atoms with Gasteiger partial charge in [-0.3, -0.25) is 0 Å². The van der Waals surface area contributed by atoms with Crippen molar-refractivity contribution in [2.75, 3.05) is 52.4 Å². The Morgan fingerprint density at radius 1 is 1.24 bits per heavy atom. The second-order valence-corrected chi connectivity index (χ2v) is 7.72. The highest BCUT2D eigenvalue weighted by Crippen LogP contribution is 2.26. The maximum absolute atomic E-state index is 3.51. The van der Waals surface area contributed by atoms with Crippen molar-refractivity contribution < 1.29 is 0 Å². The van der Waals surface area contributed by atoms with Gasteiger partial charge in [-0.25, -0.2) is 0 Å². The van der Waals surface area contributed by atoms with Crippen LogP contribution in [-0.4, -0.2) is 62.2 Å². The molecule has 2 saturated heterocycles. The average Bonchev–Trinajstić information content (AvgIpc) is 3.10. The van der Waals surface area contributed by atoms with Gasteiger partial charge in [-0.1, -0.05) is 13.0 Å². The molecule has 21 heavy (non-hydrogen) atoms. The van der Waals surface area contributed by atoms with Crippen molar-refractivity contribution in [3.05, 3.63) is 22.4 Å². The fourth-order valence-corrected chi connectivity index (χ4v) is 4.14. The van der Waals surface area contributed by atoms with E-state index in [2.05, 4.69) is 39.6 Å². The maximum Gasteiger partial charge on any atom is 0.0110 e. The number of thiophene rings is 1. The molecule has 0 aromatic carbocycles. The zero-order chi connectivity index (χ0) is 13.8. The molecule has 0 spiro atoms. The molecule has 1 atom stereocenters. The van der Waals surface area contributed by atoms with E-state index in [1.165, 1.54) is 70.1 Å². The molecule has 3 nitrogen and oxygen atoms in total. The Hall–Kier alpha value is -0.130. The molecule has 1 aromatic rings. The summed E-state index contributed by atoms with van der Waals surface area (Å²) in [6.45, 7) is 12.3. The number of halogens is 1. The summed E-state index contributed by atoms with van der Waals surface area (Å²) in [4.78, 5) is 6.83. The van der Waals surface area contributed by atoms with Gasteiger partial charge in [0.15, 0.2) is 0 Å². The highest BCUT2D eigenvalue weighted by molar-refractivity contribution is 7.09. The molecule has 0 saturated carbocycles. The van der Waals surface area contributed by atoms with Crippen LogP contribution in [0.15, 0.2) is 17.5 Å². The molecule has 0 aliphatic carbocycles. The van der Waals surface area contributed by atoms with Crippen LogP contribution in [-0.2, 0) is 6.42 Å². The number of nitrogens with one attached hydrogen (secondary N) is 1. The van der Waals surface area contributed by atoms with E-state index in [4.69, 9.17) is 0 Å². The Labute approximate surface area is 139 Å². The van der Waals surface area contributed by atoms with Crippen molar-refractivity contribution in [3.63, 3.8) is 0 Å². The Morgan fingerprint density at radius 2 is 2.00 bits per heavy atom. The van der Waals surface area contributed by atoms with Gasteiger partial charge in [0, 0.05) is 50.7 Å². The second-order valence-electron chi connectivity index (χ2n) is 6.68. The molecule has 120 valence electrons. The SMILES string of the molecule is CC1(CN2CCN(CCc3cccs3)CC2)CCNC1.Cl. The summed E-state index contributed by atoms with van der Waals surface area (Å²) in [5.41, 5.74) is 0.513. The van der Waals surface area contributed by atoms with Gasteiger partial charge in [0.1, 0.15) is 0 Å². The predicted molar refractivity (Wildman–Crippen MR) is 93.7 cm³/mol. The smallest absolute Gasteiger partial charge is 0.0110 e. The van der Waals surface area contributed by atoms with E-state index in [1.807, 2.05) is 11.3 Å². The van der Waals surface area contributed by atoms with Crippen LogP contribution in [0.4, 0.5) is 0 Å². The van der Waals surface area contributed by atoms with Gasteiger partial charge < -0.3 is 15.1 Å². The third-order valence-electron chi connectivity index (χ3n) is 4.78. The van der Waals surface area contributed by atoms with Crippen molar-refractivity contribution >= 4 is 23.7 Å². The molecule has 2 fully saturated rings. The highest BCUT2D eigenvalue weighted by Gasteiger charge is 2.31. The van der Waals surface area contributed by atoms with Crippen LogP contribution >= 0.6 is 23.7 Å². The van der Waals surface area contributed by atoms with Crippen molar-refractivity contribution in [1.82, 2.24) is 15.1 Å². The van der Waals surface area contributed by atoms with E-state index in [9.17, 15) is 0 Å². The molecule has 3 rings (SSSR count). The third kappa shape index (κ3) is 4.93. The molecule has 3 heterocycles. The van der Waals surface area contributed by atoms with Gasteiger partial charge >= 0.3 is 0 Å². The van der Waals surface area contributed by atoms with Gasteiger partial charge in [0.25, 0.3) is 0 Å². The first-order chi connectivity index (χ1) is 9.73. The van der Waals surface area contributed by atoms with E-state index in [-0.39, 0.29) is 12.4 Å². The Kier molecular flexibility index (Phi) is 6.51. The highest BCUT2D eigenvalue weighted by atomic mass is 35.5. The molecule has 0 radical (unpaired) electrons. The van der Waals surface area contributed by atoms with Gasteiger partial charge in [-0.2, -0.15) is 0 Å². The lowest BCUT2D eigenvalue weighted by molar-refractivity contribution is 0.0979. The van der Waals surface area contributed by atoms with Crippen molar-refractivity contribution in [2.45, 2.75) is 19.8 Å². The van der Waals surface area contributed by atoms with Crippen molar-refractivity contribution in [1.29, 1.82) is 0 Å². The number of hydrogen-bond donors (Lipinski definition) is 1. The number of rotatable bonds is 5. The van der Waals surface area contributed by atoms with Crippen LogP contribution in [0, 0.1) is 5.41 Å². The van der Waals surface area contributed by atoms with Crippen LogP contribution in [0.1, 0.15) is 18.2 Å². The first-order valence-corrected chi connectivity index (χ1v) is 8.79. The maximum atomic E-state index is 3.51. The minimum atomic E-state index is 0. The van der Waals surface area contributed by atoms with E-state index in [0.29, 0.717) is 5.41 Å². The summed E-state index contributed by atoms with van der Waals surface area (Å²) in [6, 6.07) is 4.42. The Bertz CT molecular complexity index is 396. The molecule has 1 aromatic heterocycles. The summed E-state index contributed by atoms with van der Waals surface area (Å²) >= 11 is 1.89. The first kappa shape index (κ1) is 17.2. The van der Waals surface area contributed by atoms with Crippen LogP contribution in [0.3, 0.4) is 0 Å². The molecule has 5 heteroatoms. The summed E-state index contributed by atoms with van der Waals surface area (Å²) < 4.78 is 0.